The minimum absolute atomic E-state index is 0.0356. The molecule has 0 aliphatic rings. The van der Waals surface area contributed by atoms with Crippen LogP contribution in [0.1, 0.15) is 31.7 Å². The molecule has 0 spiro atoms. The summed E-state index contributed by atoms with van der Waals surface area (Å²) in [6.45, 7) is 2.58. The molecule has 0 N–H and O–H groups in total. The van der Waals surface area contributed by atoms with Crippen molar-refractivity contribution in [2.75, 3.05) is 20.3 Å². The van der Waals surface area contributed by atoms with Gasteiger partial charge in [-0.25, -0.2) is 0 Å². The molecule has 0 radical (unpaired) electrons. The van der Waals surface area contributed by atoms with Crippen LogP contribution >= 0.6 is 0 Å². The first-order valence-electron chi connectivity index (χ1n) is 10.1. The largest absolute Gasteiger partial charge is 0.491 e. The number of ketones is 1. The third-order valence-electron chi connectivity index (χ3n) is 4.42. The maximum atomic E-state index is 12.4. The number of esters is 1. The maximum absolute atomic E-state index is 12.4. The molecule has 2 aromatic carbocycles. The molecule has 0 aliphatic heterocycles. The SMILES string of the molecule is COC(COc1ccccc1)CC(=O)OC(CCOCc1ccccc1)CC(C)=O. The Bertz CT molecular complexity index is 747. The molecule has 2 unspecified atom stereocenters. The van der Waals surface area contributed by atoms with Gasteiger partial charge < -0.3 is 18.9 Å². The molecule has 0 saturated heterocycles. The normalized spacial score (nSPS) is 12.7. The lowest BCUT2D eigenvalue weighted by atomic mass is 10.1. The molecule has 6 nitrogen and oxygen atoms in total. The molecule has 162 valence electrons. The van der Waals surface area contributed by atoms with Crippen molar-refractivity contribution < 1.29 is 28.5 Å². The van der Waals surface area contributed by atoms with E-state index in [9.17, 15) is 9.59 Å². The molecular weight excluding hydrogens is 384 g/mol. The van der Waals surface area contributed by atoms with Crippen LogP contribution in [0.25, 0.3) is 0 Å². The number of methoxy groups -OCH3 is 1. The second-order valence-electron chi connectivity index (χ2n) is 7.03. The number of ether oxygens (including phenoxy) is 4. The fourth-order valence-electron chi connectivity index (χ4n) is 2.84. The van der Waals surface area contributed by atoms with Gasteiger partial charge in [-0.2, -0.15) is 0 Å². The van der Waals surface area contributed by atoms with E-state index < -0.39 is 18.2 Å². The smallest absolute Gasteiger partial charge is 0.308 e. The van der Waals surface area contributed by atoms with E-state index in [4.69, 9.17) is 18.9 Å². The van der Waals surface area contributed by atoms with Gasteiger partial charge in [-0.1, -0.05) is 48.5 Å². The van der Waals surface area contributed by atoms with Gasteiger partial charge in [-0.15, -0.1) is 0 Å². The van der Waals surface area contributed by atoms with Gasteiger partial charge in [0.05, 0.1) is 19.6 Å². The van der Waals surface area contributed by atoms with Crippen LogP contribution in [0.4, 0.5) is 0 Å². The molecular formula is C24H30O6. The predicted octanol–water partition coefficient (Wildman–Crippen LogP) is 3.97. The van der Waals surface area contributed by atoms with Gasteiger partial charge in [0.25, 0.3) is 0 Å². The highest BCUT2D eigenvalue weighted by Gasteiger charge is 2.21. The van der Waals surface area contributed by atoms with Gasteiger partial charge in [-0.05, 0) is 24.6 Å². The van der Waals surface area contributed by atoms with Gasteiger partial charge in [0, 0.05) is 20.0 Å². The molecule has 30 heavy (non-hydrogen) atoms. The average molecular weight is 414 g/mol. The first-order chi connectivity index (χ1) is 14.6. The van der Waals surface area contributed by atoms with Crippen molar-refractivity contribution in [3.05, 3.63) is 66.2 Å². The lowest BCUT2D eigenvalue weighted by molar-refractivity contribution is -0.154. The van der Waals surface area contributed by atoms with E-state index in [2.05, 4.69) is 0 Å². The first kappa shape index (κ1) is 23.6. The van der Waals surface area contributed by atoms with Crippen LogP contribution < -0.4 is 4.74 Å². The van der Waals surface area contributed by atoms with Gasteiger partial charge >= 0.3 is 5.97 Å². The molecule has 0 bridgehead atoms. The van der Waals surface area contributed by atoms with E-state index in [0.29, 0.717) is 25.4 Å². The number of carbonyl (C=O) groups is 2. The van der Waals surface area contributed by atoms with Crippen molar-refractivity contribution in [2.45, 2.75) is 45.0 Å². The van der Waals surface area contributed by atoms with Crippen molar-refractivity contribution in [3.8, 4) is 5.75 Å². The van der Waals surface area contributed by atoms with Crippen LogP contribution in [0.5, 0.6) is 5.75 Å². The van der Waals surface area contributed by atoms with Crippen LogP contribution in [0.15, 0.2) is 60.7 Å². The van der Waals surface area contributed by atoms with Crippen molar-refractivity contribution in [3.63, 3.8) is 0 Å². The molecule has 0 heterocycles. The van der Waals surface area contributed by atoms with Gasteiger partial charge in [0.15, 0.2) is 0 Å². The van der Waals surface area contributed by atoms with Crippen LogP contribution in [-0.2, 0) is 30.4 Å². The van der Waals surface area contributed by atoms with Crippen molar-refractivity contribution in [2.24, 2.45) is 0 Å². The van der Waals surface area contributed by atoms with Crippen molar-refractivity contribution >= 4 is 11.8 Å². The summed E-state index contributed by atoms with van der Waals surface area (Å²) in [5, 5.41) is 0. The summed E-state index contributed by atoms with van der Waals surface area (Å²) in [6, 6.07) is 19.1. The molecule has 0 fully saturated rings. The van der Waals surface area contributed by atoms with E-state index in [1.807, 2.05) is 60.7 Å². The topological polar surface area (TPSA) is 71.1 Å². The molecule has 0 aromatic heterocycles. The second kappa shape index (κ2) is 13.5. The zero-order valence-corrected chi connectivity index (χ0v) is 17.6. The standard InChI is InChI=1S/C24H30O6/c1-19(25)15-22(13-14-28-17-20-9-5-3-6-10-20)30-24(26)16-23(27-2)18-29-21-11-7-4-8-12-21/h3-12,22-23H,13-18H2,1-2H3. The summed E-state index contributed by atoms with van der Waals surface area (Å²) in [5.41, 5.74) is 1.07. The van der Waals surface area contributed by atoms with Crippen LogP contribution in [0.2, 0.25) is 0 Å². The van der Waals surface area contributed by atoms with Crippen LogP contribution in [0, 0.1) is 0 Å². The highest BCUT2D eigenvalue weighted by molar-refractivity contribution is 5.77. The van der Waals surface area contributed by atoms with E-state index in [1.165, 1.54) is 14.0 Å². The van der Waals surface area contributed by atoms with E-state index in [-0.39, 0.29) is 25.2 Å². The minimum Gasteiger partial charge on any atom is -0.491 e. The number of hydrogen-bond acceptors (Lipinski definition) is 6. The minimum atomic E-state index is -0.515. The number of Topliss-reactive ketones (excluding diaryl/α,β-unsaturated/α-hetero) is 1. The zero-order valence-electron chi connectivity index (χ0n) is 17.6. The van der Waals surface area contributed by atoms with Gasteiger partial charge in [0.2, 0.25) is 0 Å². The number of carbonyl (C=O) groups excluding carboxylic acids is 2. The summed E-state index contributed by atoms with van der Waals surface area (Å²) in [4.78, 5) is 23.9. The fourth-order valence-corrected chi connectivity index (χ4v) is 2.84. The summed E-state index contributed by atoms with van der Waals surface area (Å²) in [5.74, 6) is 0.248. The van der Waals surface area contributed by atoms with Gasteiger partial charge in [0.1, 0.15) is 30.3 Å². The number of para-hydroxylation sites is 1. The summed E-state index contributed by atoms with van der Waals surface area (Å²) < 4.78 is 22.2. The third kappa shape index (κ3) is 9.67. The maximum Gasteiger partial charge on any atom is 0.308 e. The Morgan fingerprint density at radius 2 is 1.57 bits per heavy atom. The van der Waals surface area contributed by atoms with E-state index in [0.717, 1.165) is 5.56 Å². The Hall–Kier alpha value is -2.70. The Kier molecular flexibility index (Phi) is 10.6. The Labute approximate surface area is 178 Å². The molecule has 6 heteroatoms. The number of hydrogen-bond donors (Lipinski definition) is 0. The summed E-state index contributed by atoms with van der Waals surface area (Å²) in [6.07, 6.45) is -0.291. The van der Waals surface area contributed by atoms with E-state index in [1.54, 1.807) is 0 Å². The van der Waals surface area contributed by atoms with Gasteiger partial charge in [-0.3, -0.25) is 9.59 Å². The average Bonchev–Trinajstić information content (AvgIpc) is 2.75. The Balaban J connectivity index is 1.75. The predicted molar refractivity (Wildman–Crippen MR) is 113 cm³/mol. The quantitative estimate of drug-likeness (QED) is 0.344. The number of rotatable bonds is 14. The summed E-state index contributed by atoms with van der Waals surface area (Å²) in [7, 11) is 1.52. The second-order valence-corrected chi connectivity index (χ2v) is 7.03. The van der Waals surface area contributed by atoms with Crippen molar-refractivity contribution in [1.29, 1.82) is 0 Å². The first-order valence-corrected chi connectivity index (χ1v) is 10.1. The molecule has 0 amide bonds. The zero-order chi connectivity index (χ0) is 21.6. The summed E-state index contributed by atoms with van der Waals surface area (Å²) >= 11 is 0. The molecule has 2 rings (SSSR count). The number of benzene rings is 2. The molecule has 0 saturated carbocycles. The highest BCUT2D eigenvalue weighted by Crippen LogP contribution is 2.13. The van der Waals surface area contributed by atoms with Crippen LogP contribution in [-0.4, -0.2) is 44.3 Å². The molecule has 2 atom stereocenters. The molecule has 2 aromatic rings. The third-order valence-corrected chi connectivity index (χ3v) is 4.42. The molecule has 0 aliphatic carbocycles. The van der Waals surface area contributed by atoms with Crippen molar-refractivity contribution in [1.82, 2.24) is 0 Å². The fraction of sp³-hybridized carbons (Fsp3) is 0.417. The van der Waals surface area contributed by atoms with Crippen LogP contribution in [0.3, 0.4) is 0 Å². The Morgan fingerprint density at radius 3 is 2.20 bits per heavy atom. The van der Waals surface area contributed by atoms with E-state index >= 15 is 0 Å². The lowest BCUT2D eigenvalue weighted by Gasteiger charge is -2.20. The lowest BCUT2D eigenvalue weighted by Crippen LogP contribution is -2.28. The Morgan fingerprint density at radius 1 is 0.900 bits per heavy atom. The monoisotopic (exact) mass is 414 g/mol. The highest BCUT2D eigenvalue weighted by atomic mass is 16.6.